The molecule has 2 aromatic carbocycles. The third-order valence-corrected chi connectivity index (χ3v) is 4.38. The summed E-state index contributed by atoms with van der Waals surface area (Å²) in [6.07, 6.45) is 0. The van der Waals surface area contributed by atoms with Gasteiger partial charge in [-0.15, -0.1) is 0 Å². The van der Waals surface area contributed by atoms with Crippen molar-refractivity contribution in [3.05, 3.63) is 52.5 Å². The smallest absolute Gasteiger partial charge is 0.238 e. The molecule has 2 rings (SSSR count). The molecule has 0 aliphatic rings. The number of anilines is 2. The van der Waals surface area contributed by atoms with Gasteiger partial charge in [-0.05, 0) is 35.9 Å². The van der Waals surface area contributed by atoms with Crippen molar-refractivity contribution in [3.8, 4) is 0 Å². The number of nitrogens with two attached hydrogens (primary N) is 2. The molecule has 0 aliphatic heterocycles. The second-order valence-corrected chi connectivity index (χ2v) is 7.27. The van der Waals surface area contributed by atoms with Crippen LogP contribution in [-0.2, 0) is 16.6 Å². The van der Waals surface area contributed by atoms with Crippen molar-refractivity contribution in [1.82, 2.24) is 0 Å². The lowest BCUT2D eigenvalue weighted by Gasteiger charge is -2.20. The average Bonchev–Trinajstić information content (AvgIpc) is 2.37. The van der Waals surface area contributed by atoms with Gasteiger partial charge < -0.3 is 10.6 Å². The Morgan fingerprint density at radius 2 is 1.90 bits per heavy atom. The number of halogens is 1. The lowest BCUT2D eigenvalue weighted by Crippen LogP contribution is -2.18. The molecule has 4 N–H and O–H groups in total. The van der Waals surface area contributed by atoms with Crippen molar-refractivity contribution < 1.29 is 8.42 Å². The van der Waals surface area contributed by atoms with Gasteiger partial charge in [0.15, 0.2) is 0 Å². The van der Waals surface area contributed by atoms with E-state index in [-0.39, 0.29) is 4.90 Å². The van der Waals surface area contributed by atoms with Gasteiger partial charge in [0, 0.05) is 29.4 Å². The summed E-state index contributed by atoms with van der Waals surface area (Å²) < 4.78 is 23.9. The van der Waals surface area contributed by atoms with Crippen LogP contribution in [0.5, 0.6) is 0 Å². The van der Waals surface area contributed by atoms with Gasteiger partial charge in [-0.25, -0.2) is 13.6 Å². The topological polar surface area (TPSA) is 89.4 Å². The lowest BCUT2D eigenvalue weighted by molar-refractivity contribution is 0.598. The van der Waals surface area contributed by atoms with Crippen LogP contribution in [0.2, 0.25) is 0 Å². The number of benzene rings is 2. The van der Waals surface area contributed by atoms with Gasteiger partial charge in [0.1, 0.15) is 0 Å². The van der Waals surface area contributed by atoms with E-state index in [1.54, 1.807) is 6.07 Å². The highest BCUT2D eigenvalue weighted by Crippen LogP contribution is 2.24. The van der Waals surface area contributed by atoms with Gasteiger partial charge >= 0.3 is 0 Å². The van der Waals surface area contributed by atoms with Crippen LogP contribution in [0, 0.1) is 0 Å². The SMILES string of the molecule is CN(Cc1cccc(Br)c1)c1cc(N)cc(S(N)(=O)=O)c1. The quantitative estimate of drug-likeness (QED) is 0.809. The maximum Gasteiger partial charge on any atom is 0.238 e. The number of hydrogen-bond acceptors (Lipinski definition) is 4. The zero-order valence-electron chi connectivity index (χ0n) is 11.5. The van der Waals surface area contributed by atoms with Crippen molar-refractivity contribution in [1.29, 1.82) is 0 Å². The number of nitrogen functional groups attached to an aromatic ring is 1. The van der Waals surface area contributed by atoms with Crippen molar-refractivity contribution in [3.63, 3.8) is 0 Å². The Kier molecular flexibility index (Phi) is 4.55. The second kappa shape index (κ2) is 6.05. The normalized spacial score (nSPS) is 11.4. The predicted molar refractivity (Wildman–Crippen MR) is 88.5 cm³/mol. The fraction of sp³-hybridized carbons (Fsp3) is 0.143. The Bertz CT molecular complexity index is 763. The largest absolute Gasteiger partial charge is 0.399 e. The van der Waals surface area contributed by atoms with Gasteiger partial charge in [-0.2, -0.15) is 0 Å². The molecule has 0 spiro atoms. The van der Waals surface area contributed by atoms with Crippen molar-refractivity contribution >= 4 is 37.3 Å². The molecule has 0 amide bonds. The van der Waals surface area contributed by atoms with E-state index in [1.165, 1.54) is 12.1 Å². The zero-order valence-corrected chi connectivity index (χ0v) is 13.9. The lowest BCUT2D eigenvalue weighted by atomic mass is 10.2. The molecular weight excluding hydrogens is 354 g/mol. The van der Waals surface area contributed by atoms with Crippen LogP contribution in [0.4, 0.5) is 11.4 Å². The highest BCUT2D eigenvalue weighted by molar-refractivity contribution is 9.10. The Balaban J connectivity index is 2.31. The van der Waals surface area contributed by atoms with Crippen LogP contribution in [0.3, 0.4) is 0 Å². The third-order valence-electron chi connectivity index (χ3n) is 2.99. The Labute approximate surface area is 132 Å². The first-order chi connectivity index (χ1) is 9.75. The zero-order chi connectivity index (χ0) is 15.6. The van der Waals surface area contributed by atoms with Crippen LogP contribution in [0.25, 0.3) is 0 Å². The number of rotatable bonds is 4. The summed E-state index contributed by atoms with van der Waals surface area (Å²) in [5.41, 5.74) is 7.90. The number of nitrogens with zero attached hydrogens (tertiary/aromatic N) is 1. The highest BCUT2D eigenvalue weighted by atomic mass is 79.9. The van der Waals surface area contributed by atoms with Crippen molar-refractivity contribution in [2.75, 3.05) is 17.7 Å². The second-order valence-electron chi connectivity index (χ2n) is 4.79. The number of primary sulfonamides is 1. The Hall–Kier alpha value is -1.57. The third kappa shape index (κ3) is 4.20. The fourth-order valence-electron chi connectivity index (χ4n) is 1.99. The van der Waals surface area contributed by atoms with E-state index in [1.807, 2.05) is 36.2 Å². The first-order valence-corrected chi connectivity index (χ1v) is 8.48. The summed E-state index contributed by atoms with van der Waals surface area (Å²) in [5, 5.41) is 5.16. The molecule has 0 saturated heterocycles. The average molecular weight is 370 g/mol. The molecule has 0 saturated carbocycles. The molecular formula is C14H16BrN3O2S. The maximum atomic E-state index is 11.5. The van der Waals surface area contributed by atoms with E-state index in [2.05, 4.69) is 15.9 Å². The Morgan fingerprint density at radius 1 is 1.19 bits per heavy atom. The highest BCUT2D eigenvalue weighted by Gasteiger charge is 2.12. The van der Waals surface area contributed by atoms with Gasteiger partial charge in [0.05, 0.1) is 4.90 Å². The number of hydrogen-bond donors (Lipinski definition) is 2. The molecule has 2 aromatic rings. The monoisotopic (exact) mass is 369 g/mol. The van der Waals surface area contributed by atoms with E-state index in [0.717, 1.165) is 10.0 Å². The molecule has 0 atom stereocenters. The first kappa shape index (κ1) is 15.8. The maximum absolute atomic E-state index is 11.5. The first-order valence-electron chi connectivity index (χ1n) is 6.14. The van der Waals surface area contributed by atoms with Crippen LogP contribution in [0.15, 0.2) is 51.8 Å². The van der Waals surface area contributed by atoms with Crippen molar-refractivity contribution in [2.45, 2.75) is 11.4 Å². The summed E-state index contributed by atoms with van der Waals surface area (Å²) in [6.45, 7) is 0.618. The summed E-state index contributed by atoms with van der Waals surface area (Å²) >= 11 is 3.42. The van der Waals surface area contributed by atoms with Crippen LogP contribution in [-0.4, -0.2) is 15.5 Å². The fourth-order valence-corrected chi connectivity index (χ4v) is 3.02. The molecule has 7 heteroatoms. The van der Waals surface area contributed by atoms with Crippen molar-refractivity contribution in [2.24, 2.45) is 5.14 Å². The van der Waals surface area contributed by atoms with Gasteiger partial charge in [0.25, 0.3) is 0 Å². The predicted octanol–water partition coefficient (Wildman–Crippen LogP) is 2.32. The molecule has 5 nitrogen and oxygen atoms in total. The van der Waals surface area contributed by atoms with E-state index in [4.69, 9.17) is 10.9 Å². The van der Waals surface area contributed by atoms with Crippen LogP contribution >= 0.6 is 15.9 Å². The minimum atomic E-state index is -3.78. The van der Waals surface area contributed by atoms with E-state index >= 15 is 0 Å². The summed E-state index contributed by atoms with van der Waals surface area (Å²) in [4.78, 5) is 1.92. The molecule has 0 heterocycles. The Morgan fingerprint density at radius 3 is 2.52 bits per heavy atom. The minimum absolute atomic E-state index is 0.0126. The molecule has 0 aromatic heterocycles. The van der Waals surface area contributed by atoms with Gasteiger partial charge in [-0.1, -0.05) is 28.1 Å². The molecule has 0 aliphatic carbocycles. The minimum Gasteiger partial charge on any atom is -0.399 e. The number of sulfonamides is 1. The molecule has 21 heavy (non-hydrogen) atoms. The molecule has 0 bridgehead atoms. The van der Waals surface area contributed by atoms with Crippen LogP contribution in [0.1, 0.15) is 5.56 Å². The standard InChI is InChI=1S/C14H16BrN3O2S/c1-18(9-10-3-2-4-11(15)5-10)13-6-12(16)7-14(8-13)21(17,19)20/h2-8H,9,16H2,1H3,(H2,17,19,20). The molecule has 0 radical (unpaired) electrons. The van der Waals surface area contributed by atoms with Gasteiger partial charge in [-0.3, -0.25) is 0 Å². The van der Waals surface area contributed by atoms with E-state index in [9.17, 15) is 8.42 Å². The van der Waals surface area contributed by atoms with Gasteiger partial charge in [0.2, 0.25) is 10.0 Å². The summed E-state index contributed by atoms with van der Waals surface area (Å²) in [5.74, 6) is 0. The molecule has 0 fully saturated rings. The molecule has 112 valence electrons. The summed E-state index contributed by atoms with van der Waals surface area (Å²) in [7, 11) is -1.91. The van der Waals surface area contributed by atoms with E-state index < -0.39 is 10.0 Å². The summed E-state index contributed by atoms with van der Waals surface area (Å²) in [6, 6.07) is 12.5. The van der Waals surface area contributed by atoms with Crippen LogP contribution < -0.4 is 15.8 Å². The van der Waals surface area contributed by atoms with E-state index in [0.29, 0.717) is 17.9 Å². The molecule has 0 unspecified atom stereocenters.